The lowest BCUT2D eigenvalue weighted by atomic mass is 10.1. The summed E-state index contributed by atoms with van der Waals surface area (Å²) in [6.45, 7) is 3.97. The molecule has 72 valence electrons. The maximum absolute atomic E-state index is 9.57. The van der Waals surface area contributed by atoms with Crippen molar-refractivity contribution in [1.29, 1.82) is 0 Å². The molecule has 0 bridgehead atoms. The zero-order valence-corrected chi connectivity index (χ0v) is 9.57. The summed E-state index contributed by atoms with van der Waals surface area (Å²) in [6.07, 6.45) is 1.86. The molecule has 0 aromatic carbocycles. The lowest BCUT2D eigenvalue weighted by Gasteiger charge is -2.36. The van der Waals surface area contributed by atoms with Gasteiger partial charge in [0.05, 0.1) is 10.2 Å². The summed E-state index contributed by atoms with van der Waals surface area (Å²) >= 11 is 2.30. The van der Waals surface area contributed by atoms with Crippen LogP contribution in [0.5, 0.6) is 0 Å². The summed E-state index contributed by atoms with van der Waals surface area (Å²) in [5, 5.41) is 9.57. The molecule has 0 radical (unpaired) electrons. The van der Waals surface area contributed by atoms with Crippen molar-refractivity contribution in [2.24, 2.45) is 5.73 Å². The van der Waals surface area contributed by atoms with Gasteiger partial charge in [-0.25, -0.2) is 0 Å². The van der Waals surface area contributed by atoms with E-state index >= 15 is 0 Å². The van der Waals surface area contributed by atoms with E-state index in [2.05, 4.69) is 27.5 Å². The monoisotopic (exact) mass is 284 g/mol. The predicted molar refractivity (Wildman–Crippen MR) is 58.3 cm³/mol. The first kappa shape index (κ1) is 10.7. The van der Waals surface area contributed by atoms with Gasteiger partial charge in [0.1, 0.15) is 0 Å². The average Bonchev–Trinajstić information content (AvgIpc) is 1.98. The Kier molecular flexibility index (Phi) is 4.22. The van der Waals surface area contributed by atoms with Gasteiger partial charge in [-0.15, -0.1) is 0 Å². The quantitative estimate of drug-likeness (QED) is 0.442. The first-order valence-electron chi connectivity index (χ1n) is 4.43. The Labute approximate surface area is 87.4 Å². The molecule has 0 amide bonds. The van der Waals surface area contributed by atoms with Crippen LogP contribution in [0.25, 0.3) is 0 Å². The fraction of sp³-hybridized carbons (Fsp3) is 1.00. The van der Waals surface area contributed by atoms with Crippen molar-refractivity contribution < 1.29 is 5.11 Å². The number of halogens is 1. The highest BCUT2D eigenvalue weighted by Gasteiger charge is 2.27. The SMILES string of the molecule is CC(N)CN1CCCC(O)C1I. The molecule has 0 aromatic heterocycles. The topological polar surface area (TPSA) is 49.5 Å². The maximum atomic E-state index is 9.57. The molecule has 1 heterocycles. The minimum Gasteiger partial charge on any atom is -0.391 e. The molecule has 3 unspecified atom stereocenters. The van der Waals surface area contributed by atoms with Crippen LogP contribution in [-0.4, -0.2) is 39.3 Å². The molecule has 0 spiro atoms. The van der Waals surface area contributed by atoms with Crippen molar-refractivity contribution in [3.05, 3.63) is 0 Å². The highest BCUT2D eigenvalue weighted by Crippen LogP contribution is 2.22. The number of rotatable bonds is 2. The van der Waals surface area contributed by atoms with Crippen LogP contribution < -0.4 is 5.73 Å². The van der Waals surface area contributed by atoms with Crippen LogP contribution in [-0.2, 0) is 0 Å². The third-order valence-electron chi connectivity index (χ3n) is 2.13. The third-order valence-corrected chi connectivity index (χ3v) is 3.75. The second-order valence-corrected chi connectivity index (χ2v) is 4.83. The van der Waals surface area contributed by atoms with Gasteiger partial charge in [-0.2, -0.15) is 0 Å². The average molecular weight is 284 g/mol. The number of nitrogens with zero attached hydrogens (tertiary/aromatic N) is 1. The number of hydrogen-bond donors (Lipinski definition) is 2. The number of hydrogen-bond acceptors (Lipinski definition) is 3. The summed E-state index contributed by atoms with van der Waals surface area (Å²) in [6, 6.07) is 0.201. The molecule has 1 saturated heterocycles. The molecule has 4 heteroatoms. The number of nitrogens with two attached hydrogens (primary N) is 1. The van der Waals surface area contributed by atoms with Gasteiger partial charge in [0, 0.05) is 12.6 Å². The van der Waals surface area contributed by atoms with E-state index in [1.54, 1.807) is 0 Å². The van der Waals surface area contributed by atoms with Crippen molar-refractivity contribution in [3.63, 3.8) is 0 Å². The van der Waals surface area contributed by atoms with Gasteiger partial charge in [-0.3, -0.25) is 4.90 Å². The Bertz CT molecular complexity index is 143. The minimum atomic E-state index is -0.168. The highest BCUT2D eigenvalue weighted by atomic mass is 127. The van der Waals surface area contributed by atoms with Gasteiger partial charge >= 0.3 is 0 Å². The standard InChI is InChI=1S/C8H17IN2O/c1-6(10)5-11-4-2-3-7(12)8(11)9/h6-8,12H,2-5,10H2,1H3. The van der Waals surface area contributed by atoms with Crippen LogP contribution >= 0.6 is 22.6 Å². The molecular formula is C8H17IN2O. The van der Waals surface area contributed by atoms with Gasteiger partial charge < -0.3 is 10.8 Å². The minimum absolute atomic E-state index is 0.168. The zero-order chi connectivity index (χ0) is 9.14. The van der Waals surface area contributed by atoms with E-state index in [9.17, 15) is 5.11 Å². The van der Waals surface area contributed by atoms with E-state index in [1.807, 2.05) is 6.92 Å². The van der Waals surface area contributed by atoms with Crippen molar-refractivity contribution in [3.8, 4) is 0 Å². The molecular weight excluding hydrogens is 267 g/mol. The van der Waals surface area contributed by atoms with Crippen molar-refractivity contribution in [1.82, 2.24) is 4.90 Å². The number of aliphatic hydroxyl groups excluding tert-OH is 1. The maximum Gasteiger partial charge on any atom is 0.0882 e. The van der Waals surface area contributed by atoms with E-state index in [0.717, 1.165) is 25.9 Å². The van der Waals surface area contributed by atoms with Crippen LogP contribution in [0, 0.1) is 0 Å². The molecule has 0 aliphatic carbocycles. The van der Waals surface area contributed by atoms with E-state index in [1.165, 1.54) is 0 Å². The van der Waals surface area contributed by atoms with Crippen LogP contribution in [0.3, 0.4) is 0 Å². The molecule has 1 fully saturated rings. The molecule has 3 N–H and O–H groups in total. The molecule has 12 heavy (non-hydrogen) atoms. The van der Waals surface area contributed by atoms with Crippen LogP contribution in [0.2, 0.25) is 0 Å². The van der Waals surface area contributed by atoms with Gasteiger partial charge in [0.25, 0.3) is 0 Å². The van der Waals surface area contributed by atoms with Crippen molar-refractivity contribution >= 4 is 22.6 Å². The molecule has 3 atom stereocenters. The van der Waals surface area contributed by atoms with Gasteiger partial charge in [0.15, 0.2) is 0 Å². The van der Waals surface area contributed by atoms with Crippen LogP contribution in [0.4, 0.5) is 0 Å². The lowest BCUT2D eigenvalue weighted by Crippen LogP contribution is -2.48. The highest BCUT2D eigenvalue weighted by molar-refractivity contribution is 14.1. The van der Waals surface area contributed by atoms with Gasteiger partial charge in [-0.1, -0.05) is 22.6 Å². The predicted octanol–water partition coefficient (Wildman–Crippen LogP) is 0.551. The summed E-state index contributed by atoms with van der Waals surface area (Å²) in [5.41, 5.74) is 5.70. The molecule has 3 nitrogen and oxygen atoms in total. The van der Waals surface area contributed by atoms with Crippen molar-refractivity contribution in [2.45, 2.75) is 36.0 Å². The number of aliphatic hydroxyl groups is 1. The number of likely N-dealkylation sites (tertiary alicyclic amines) is 1. The summed E-state index contributed by atoms with van der Waals surface area (Å²) in [4.78, 5) is 2.26. The Morgan fingerprint density at radius 2 is 2.42 bits per heavy atom. The fourth-order valence-corrected chi connectivity index (χ4v) is 2.44. The Hall–Kier alpha value is 0.610. The smallest absolute Gasteiger partial charge is 0.0882 e. The van der Waals surface area contributed by atoms with Crippen LogP contribution in [0.1, 0.15) is 19.8 Å². The van der Waals surface area contributed by atoms with Crippen LogP contribution in [0.15, 0.2) is 0 Å². The zero-order valence-electron chi connectivity index (χ0n) is 7.41. The third kappa shape index (κ3) is 2.83. The molecule has 0 saturated carbocycles. The lowest BCUT2D eigenvalue weighted by molar-refractivity contribution is 0.0588. The summed E-state index contributed by atoms with van der Waals surface area (Å²) in [5.74, 6) is 0. The Balaban J connectivity index is 2.41. The molecule has 1 aliphatic rings. The van der Waals surface area contributed by atoms with Gasteiger partial charge in [-0.05, 0) is 26.3 Å². The second kappa shape index (κ2) is 4.74. The molecule has 0 aromatic rings. The molecule has 1 rings (SSSR count). The Morgan fingerprint density at radius 1 is 1.75 bits per heavy atom. The normalized spacial score (nSPS) is 35.0. The summed E-state index contributed by atoms with van der Waals surface area (Å²) in [7, 11) is 0. The van der Waals surface area contributed by atoms with Crippen molar-refractivity contribution in [2.75, 3.05) is 13.1 Å². The molecule has 1 aliphatic heterocycles. The first-order chi connectivity index (χ1) is 5.61. The van der Waals surface area contributed by atoms with E-state index in [0.29, 0.717) is 0 Å². The fourth-order valence-electron chi connectivity index (χ4n) is 1.57. The second-order valence-electron chi connectivity index (χ2n) is 3.55. The van der Waals surface area contributed by atoms with E-state index in [4.69, 9.17) is 5.73 Å². The number of piperidine rings is 1. The number of alkyl halides is 1. The van der Waals surface area contributed by atoms with E-state index in [-0.39, 0.29) is 16.2 Å². The van der Waals surface area contributed by atoms with E-state index < -0.39 is 0 Å². The Morgan fingerprint density at radius 3 is 3.00 bits per heavy atom. The first-order valence-corrected chi connectivity index (χ1v) is 5.67. The van der Waals surface area contributed by atoms with Gasteiger partial charge in [0.2, 0.25) is 0 Å². The largest absolute Gasteiger partial charge is 0.391 e. The summed E-state index contributed by atoms with van der Waals surface area (Å²) < 4.78 is 0.252.